The van der Waals surface area contributed by atoms with Gasteiger partial charge in [-0.1, -0.05) is 20.8 Å². The second kappa shape index (κ2) is 7.47. The third kappa shape index (κ3) is 4.81. The van der Waals surface area contributed by atoms with Gasteiger partial charge in [0.25, 0.3) is 0 Å². The molecular weight excluding hydrogens is 306 g/mol. The average Bonchev–Trinajstić information content (AvgIpc) is 2.93. The molecule has 0 aliphatic carbocycles. The van der Waals surface area contributed by atoms with Crippen LogP contribution in [-0.4, -0.2) is 30.8 Å². The van der Waals surface area contributed by atoms with Crippen LogP contribution in [-0.2, 0) is 14.4 Å². The monoisotopic (exact) mass is 331 g/mol. The Bertz CT molecular complexity index is 617. The van der Waals surface area contributed by atoms with Crippen molar-refractivity contribution in [3.63, 3.8) is 0 Å². The summed E-state index contributed by atoms with van der Waals surface area (Å²) in [5.74, 6) is -0.0921. The van der Waals surface area contributed by atoms with Gasteiger partial charge < -0.3 is 15.5 Å². The molecule has 1 aromatic carbocycles. The quantitative estimate of drug-likeness (QED) is 0.869. The lowest BCUT2D eigenvalue weighted by atomic mass is 9.96. The summed E-state index contributed by atoms with van der Waals surface area (Å²) < 4.78 is 0. The summed E-state index contributed by atoms with van der Waals surface area (Å²) in [4.78, 5) is 37.1. The lowest BCUT2D eigenvalue weighted by Crippen LogP contribution is -2.36. The fourth-order valence-corrected chi connectivity index (χ4v) is 2.42. The number of hydrogen-bond acceptors (Lipinski definition) is 3. The Kier molecular flexibility index (Phi) is 5.59. The molecule has 0 unspecified atom stereocenters. The van der Waals surface area contributed by atoms with Crippen molar-refractivity contribution in [2.75, 3.05) is 23.3 Å². The molecule has 3 amide bonds. The van der Waals surface area contributed by atoms with Crippen LogP contribution in [0.15, 0.2) is 24.3 Å². The van der Waals surface area contributed by atoms with Crippen LogP contribution in [0, 0.1) is 5.41 Å². The van der Waals surface area contributed by atoms with Gasteiger partial charge in [-0.2, -0.15) is 0 Å². The number of benzene rings is 1. The van der Waals surface area contributed by atoms with E-state index in [0.717, 1.165) is 18.7 Å². The van der Waals surface area contributed by atoms with E-state index in [1.165, 1.54) is 0 Å². The lowest BCUT2D eigenvalue weighted by Gasteiger charge is -2.17. The first-order valence-electron chi connectivity index (χ1n) is 8.26. The van der Waals surface area contributed by atoms with Gasteiger partial charge >= 0.3 is 0 Å². The average molecular weight is 331 g/mol. The molecule has 0 atom stereocenters. The Morgan fingerprint density at radius 3 is 2.38 bits per heavy atom. The van der Waals surface area contributed by atoms with Gasteiger partial charge in [-0.3, -0.25) is 14.4 Å². The predicted molar refractivity (Wildman–Crippen MR) is 93.7 cm³/mol. The van der Waals surface area contributed by atoms with Crippen LogP contribution in [0.5, 0.6) is 0 Å². The molecule has 0 aromatic heterocycles. The Labute approximate surface area is 142 Å². The molecule has 1 heterocycles. The zero-order chi connectivity index (χ0) is 17.7. The van der Waals surface area contributed by atoms with Crippen LogP contribution in [0.1, 0.15) is 40.0 Å². The molecule has 2 rings (SSSR count). The maximum atomic E-state index is 11.9. The summed E-state index contributed by atoms with van der Waals surface area (Å²) in [6.07, 6.45) is 1.70. The molecule has 1 aliphatic heterocycles. The fourth-order valence-electron chi connectivity index (χ4n) is 2.42. The van der Waals surface area contributed by atoms with Crippen molar-refractivity contribution in [3.05, 3.63) is 24.3 Å². The zero-order valence-corrected chi connectivity index (χ0v) is 14.5. The summed E-state index contributed by atoms with van der Waals surface area (Å²) >= 11 is 0. The van der Waals surface area contributed by atoms with Crippen LogP contribution >= 0.6 is 0 Å². The highest BCUT2D eigenvalue weighted by atomic mass is 16.2. The molecule has 0 saturated carbocycles. The molecule has 24 heavy (non-hydrogen) atoms. The van der Waals surface area contributed by atoms with E-state index in [9.17, 15) is 14.4 Å². The summed E-state index contributed by atoms with van der Waals surface area (Å²) in [7, 11) is 0. The van der Waals surface area contributed by atoms with Gasteiger partial charge in [0, 0.05) is 42.7 Å². The minimum atomic E-state index is -0.459. The summed E-state index contributed by atoms with van der Waals surface area (Å²) in [6, 6.07) is 7.24. The van der Waals surface area contributed by atoms with Gasteiger partial charge in [0.2, 0.25) is 17.7 Å². The number of amides is 3. The van der Waals surface area contributed by atoms with Gasteiger partial charge in [-0.05, 0) is 30.7 Å². The van der Waals surface area contributed by atoms with E-state index in [0.29, 0.717) is 18.7 Å². The summed E-state index contributed by atoms with van der Waals surface area (Å²) in [5, 5.41) is 5.54. The largest absolute Gasteiger partial charge is 0.355 e. The minimum Gasteiger partial charge on any atom is -0.355 e. The van der Waals surface area contributed by atoms with E-state index >= 15 is 0 Å². The number of nitrogens with one attached hydrogen (secondary N) is 2. The Hall–Kier alpha value is -2.37. The van der Waals surface area contributed by atoms with Gasteiger partial charge in [0.15, 0.2) is 0 Å². The smallest absolute Gasteiger partial charge is 0.227 e. The van der Waals surface area contributed by atoms with Crippen molar-refractivity contribution in [2.24, 2.45) is 5.41 Å². The summed E-state index contributed by atoms with van der Waals surface area (Å²) in [6.45, 7) is 6.54. The van der Waals surface area contributed by atoms with E-state index in [1.54, 1.807) is 17.0 Å². The predicted octanol–water partition coefficient (Wildman–Crippen LogP) is 2.30. The Morgan fingerprint density at radius 2 is 1.83 bits per heavy atom. The highest BCUT2D eigenvalue weighted by Crippen LogP contribution is 2.23. The minimum absolute atomic E-state index is 0.0741. The number of carbonyl (C=O) groups is 3. The standard InChI is InChI=1S/C18H25N3O3/c1-18(2,3)17(24)19-11-10-15(22)20-13-6-8-14(9-7-13)21-12-4-5-16(21)23/h6-9H,4-5,10-12H2,1-3H3,(H,19,24)(H,20,22). The molecule has 0 radical (unpaired) electrons. The first kappa shape index (κ1) is 18.0. The van der Waals surface area contributed by atoms with Crippen molar-refractivity contribution in [3.8, 4) is 0 Å². The molecule has 0 bridgehead atoms. The van der Waals surface area contributed by atoms with Crippen molar-refractivity contribution in [1.82, 2.24) is 5.32 Å². The van der Waals surface area contributed by atoms with Gasteiger partial charge in [0.05, 0.1) is 0 Å². The second-order valence-corrected chi connectivity index (χ2v) is 7.00. The van der Waals surface area contributed by atoms with E-state index < -0.39 is 5.41 Å². The molecule has 6 nitrogen and oxygen atoms in total. The number of carbonyl (C=O) groups excluding carboxylic acids is 3. The molecule has 6 heteroatoms. The van der Waals surface area contributed by atoms with E-state index in [2.05, 4.69) is 10.6 Å². The third-order valence-electron chi connectivity index (χ3n) is 3.85. The molecule has 1 aromatic rings. The van der Waals surface area contributed by atoms with Gasteiger partial charge in [-0.25, -0.2) is 0 Å². The lowest BCUT2D eigenvalue weighted by molar-refractivity contribution is -0.128. The molecule has 1 aliphatic rings. The maximum absolute atomic E-state index is 11.9. The van der Waals surface area contributed by atoms with Crippen LogP contribution in [0.4, 0.5) is 11.4 Å². The maximum Gasteiger partial charge on any atom is 0.227 e. The Balaban J connectivity index is 1.80. The van der Waals surface area contributed by atoms with Crippen molar-refractivity contribution in [2.45, 2.75) is 40.0 Å². The van der Waals surface area contributed by atoms with Crippen LogP contribution in [0.2, 0.25) is 0 Å². The molecule has 130 valence electrons. The zero-order valence-electron chi connectivity index (χ0n) is 14.5. The van der Waals surface area contributed by atoms with Gasteiger partial charge in [0.1, 0.15) is 0 Å². The number of hydrogen-bond donors (Lipinski definition) is 2. The highest BCUT2D eigenvalue weighted by Gasteiger charge is 2.22. The third-order valence-corrected chi connectivity index (χ3v) is 3.85. The number of anilines is 2. The van der Waals surface area contributed by atoms with Crippen LogP contribution in [0.25, 0.3) is 0 Å². The topological polar surface area (TPSA) is 78.5 Å². The first-order valence-corrected chi connectivity index (χ1v) is 8.26. The molecule has 1 saturated heterocycles. The van der Waals surface area contributed by atoms with Crippen LogP contribution in [0.3, 0.4) is 0 Å². The van der Waals surface area contributed by atoms with Crippen molar-refractivity contribution >= 4 is 29.1 Å². The van der Waals surface area contributed by atoms with E-state index in [1.807, 2.05) is 32.9 Å². The molecule has 1 fully saturated rings. The van der Waals surface area contributed by atoms with E-state index in [-0.39, 0.29) is 24.1 Å². The molecular formula is C18H25N3O3. The van der Waals surface area contributed by atoms with Crippen molar-refractivity contribution < 1.29 is 14.4 Å². The van der Waals surface area contributed by atoms with Gasteiger partial charge in [-0.15, -0.1) is 0 Å². The summed E-state index contributed by atoms with van der Waals surface area (Å²) in [5.41, 5.74) is 1.07. The van der Waals surface area contributed by atoms with Crippen molar-refractivity contribution in [1.29, 1.82) is 0 Å². The Morgan fingerprint density at radius 1 is 1.17 bits per heavy atom. The number of rotatable bonds is 5. The van der Waals surface area contributed by atoms with Crippen LogP contribution < -0.4 is 15.5 Å². The van der Waals surface area contributed by atoms with E-state index in [4.69, 9.17) is 0 Å². The first-order chi connectivity index (χ1) is 11.3. The molecule has 2 N–H and O–H groups in total. The highest BCUT2D eigenvalue weighted by molar-refractivity contribution is 5.96. The molecule has 0 spiro atoms. The second-order valence-electron chi connectivity index (χ2n) is 7.00. The fraction of sp³-hybridized carbons (Fsp3) is 0.500. The SMILES string of the molecule is CC(C)(C)C(=O)NCCC(=O)Nc1ccc(N2CCCC2=O)cc1. The normalized spacial score (nSPS) is 14.6. The number of nitrogens with zero attached hydrogens (tertiary/aromatic N) is 1.